The second kappa shape index (κ2) is 5.16. The van der Waals surface area contributed by atoms with Crippen LogP contribution in [0.25, 0.3) is 0 Å². The number of esters is 1. The summed E-state index contributed by atoms with van der Waals surface area (Å²) in [5.74, 6) is -0.500. The Morgan fingerprint density at radius 3 is 3.06 bits per heavy atom. The van der Waals surface area contributed by atoms with Gasteiger partial charge in [0, 0.05) is 11.6 Å². The Bertz CT molecular complexity index is 528. The summed E-state index contributed by atoms with van der Waals surface area (Å²) in [6.07, 6.45) is 1.65. The van der Waals surface area contributed by atoms with Crippen LogP contribution in [0.5, 0.6) is 0 Å². The van der Waals surface area contributed by atoms with Gasteiger partial charge in [-0.05, 0) is 12.1 Å². The van der Waals surface area contributed by atoms with E-state index in [0.717, 1.165) is 5.01 Å². The van der Waals surface area contributed by atoms with E-state index in [-0.39, 0.29) is 17.9 Å². The van der Waals surface area contributed by atoms with E-state index < -0.39 is 5.97 Å². The van der Waals surface area contributed by atoms with Gasteiger partial charge in [-0.3, -0.25) is 0 Å². The number of para-hydroxylation sites is 1. The molecular weight excluding hydrogens is 260 g/mol. The molecule has 0 bridgehead atoms. The summed E-state index contributed by atoms with van der Waals surface area (Å²) in [5, 5.41) is 2.89. The predicted octanol–water partition coefficient (Wildman–Crippen LogP) is 2.74. The van der Waals surface area contributed by atoms with Crippen molar-refractivity contribution in [3.63, 3.8) is 0 Å². The second-order valence-electron chi connectivity index (χ2n) is 3.20. The summed E-state index contributed by atoms with van der Waals surface area (Å²) in [5.41, 5.74) is 6.19. The van der Waals surface area contributed by atoms with Crippen LogP contribution in [0.15, 0.2) is 29.8 Å². The highest BCUT2D eigenvalue weighted by atomic mass is 35.5. The van der Waals surface area contributed by atoms with E-state index in [4.69, 9.17) is 22.1 Å². The van der Waals surface area contributed by atoms with Crippen molar-refractivity contribution in [2.24, 2.45) is 0 Å². The van der Waals surface area contributed by atoms with E-state index in [1.807, 2.05) is 5.38 Å². The molecule has 17 heavy (non-hydrogen) atoms. The number of hydrogen-bond donors (Lipinski definition) is 1. The third-order valence-corrected chi connectivity index (χ3v) is 3.17. The number of ether oxygens (including phenoxy) is 1. The van der Waals surface area contributed by atoms with Gasteiger partial charge in [-0.2, -0.15) is 0 Å². The topological polar surface area (TPSA) is 65.2 Å². The fraction of sp³-hybridized carbons (Fsp3) is 0.0909. The molecule has 2 N–H and O–H groups in total. The Morgan fingerprint density at radius 1 is 1.53 bits per heavy atom. The minimum absolute atomic E-state index is 0.141. The minimum atomic E-state index is -0.500. The highest BCUT2D eigenvalue weighted by Crippen LogP contribution is 2.23. The second-order valence-corrected chi connectivity index (χ2v) is 4.59. The summed E-state index contributed by atoms with van der Waals surface area (Å²) >= 11 is 7.24. The number of nitrogen functional groups attached to an aromatic ring is 1. The number of aromatic nitrogens is 1. The Morgan fingerprint density at radius 2 is 2.35 bits per heavy atom. The first-order valence-corrected chi connectivity index (χ1v) is 6.03. The number of anilines is 1. The van der Waals surface area contributed by atoms with Crippen LogP contribution in [-0.4, -0.2) is 11.0 Å². The largest absolute Gasteiger partial charge is 0.455 e. The highest BCUT2D eigenvalue weighted by Gasteiger charge is 2.13. The van der Waals surface area contributed by atoms with Gasteiger partial charge in [0.2, 0.25) is 0 Å². The molecule has 1 heterocycles. The Kier molecular flexibility index (Phi) is 3.61. The van der Waals surface area contributed by atoms with Gasteiger partial charge in [0.15, 0.2) is 0 Å². The lowest BCUT2D eigenvalue weighted by molar-refractivity contribution is 0.0473. The van der Waals surface area contributed by atoms with Crippen molar-refractivity contribution in [1.29, 1.82) is 0 Å². The number of thiazole rings is 1. The number of nitrogens with zero attached hydrogens (tertiary/aromatic N) is 1. The molecule has 0 saturated carbocycles. The zero-order valence-corrected chi connectivity index (χ0v) is 10.3. The smallest absolute Gasteiger partial charge is 0.340 e. The number of carbonyl (C=O) groups excluding carboxylic acids is 1. The summed E-state index contributed by atoms with van der Waals surface area (Å²) in [7, 11) is 0. The molecular formula is C11H9ClN2O2S. The van der Waals surface area contributed by atoms with Gasteiger partial charge in [0.05, 0.1) is 16.3 Å². The van der Waals surface area contributed by atoms with Gasteiger partial charge < -0.3 is 10.5 Å². The first kappa shape index (κ1) is 11.9. The van der Waals surface area contributed by atoms with Crippen molar-refractivity contribution in [1.82, 2.24) is 4.98 Å². The molecule has 0 aliphatic rings. The molecule has 0 aliphatic heterocycles. The predicted molar refractivity (Wildman–Crippen MR) is 67.1 cm³/mol. The van der Waals surface area contributed by atoms with Crippen LogP contribution in [0.4, 0.5) is 5.69 Å². The number of halogens is 1. The molecule has 6 heteroatoms. The van der Waals surface area contributed by atoms with Crippen molar-refractivity contribution in [2.75, 3.05) is 5.73 Å². The molecule has 0 amide bonds. The molecule has 0 aliphatic carbocycles. The van der Waals surface area contributed by atoms with Crippen LogP contribution >= 0.6 is 22.9 Å². The van der Waals surface area contributed by atoms with Gasteiger partial charge in [-0.25, -0.2) is 9.78 Å². The number of rotatable bonds is 3. The van der Waals surface area contributed by atoms with Gasteiger partial charge >= 0.3 is 5.97 Å². The van der Waals surface area contributed by atoms with Crippen molar-refractivity contribution < 1.29 is 9.53 Å². The van der Waals surface area contributed by atoms with Gasteiger partial charge in [0.25, 0.3) is 0 Å². The third-order valence-electron chi connectivity index (χ3n) is 2.08. The first-order chi connectivity index (χ1) is 8.18. The van der Waals surface area contributed by atoms with Crippen LogP contribution in [0, 0.1) is 0 Å². The Hall–Kier alpha value is -1.59. The summed E-state index contributed by atoms with van der Waals surface area (Å²) < 4.78 is 5.08. The van der Waals surface area contributed by atoms with Crippen LogP contribution in [-0.2, 0) is 11.3 Å². The number of hydrogen-bond acceptors (Lipinski definition) is 5. The molecule has 0 saturated heterocycles. The van der Waals surface area contributed by atoms with Crippen molar-refractivity contribution in [2.45, 2.75) is 6.61 Å². The SMILES string of the molecule is Nc1c(Cl)cccc1C(=O)OCc1nccs1. The van der Waals surface area contributed by atoms with Crippen LogP contribution in [0.2, 0.25) is 5.02 Å². The fourth-order valence-electron chi connectivity index (χ4n) is 1.24. The average molecular weight is 269 g/mol. The maximum Gasteiger partial charge on any atom is 0.340 e. The lowest BCUT2D eigenvalue weighted by atomic mass is 10.2. The molecule has 0 spiro atoms. The Labute approximate surface area is 107 Å². The molecule has 0 unspecified atom stereocenters. The van der Waals surface area contributed by atoms with E-state index in [1.54, 1.807) is 24.4 Å². The maximum absolute atomic E-state index is 11.7. The van der Waals surface area contributed by atoms with E-state index in [0.29, 0.717) is 5.02 Å². The average Bonchev–Trinajstić information content (AvgIpc) is 2.82. The molecule has 4 nitrogen and oxygen atoms in total. The zero-order chi connectivity index (χ0) is 12.3. The Balaban J connectivity index is 2.07. The highest BCUT2D eigenvalue weighted by molar-refractivity contribution is 7.09. The molecule has 1 aromatic carbocycles. The van der Waals surface area contributed by atoms with Gasteiger partial charge in [0.1, 0.15) is 11.6 Å². The molecule has 2 rings (SSSR count). The maximum atomic E-state index is 11.7. The summed E-state index contributed by atoms with van der Waals surface area (Å²) in [4.78, 5) is 15.7. The van der Waals surface area contributed by atoms with E-state index in [1.165, 1.54) is 11.3 Å². The van der Waals surface area contributed by atoms with E-state index >= 15 is 0 Å². The first-order valence-electron chi connectivity index (χ1n) is 4.78. The van der Waals surface area contributed by atoms with Crippen LogP contribution < -0.4 is 5.73 Å². The van der Waals surface area contributed by atoms with Crippen LogP contribution in [0.3, 0.4) is 0 Å². The summed E-state index contributed by atoms with van der Waals surface area (Å²) in [6, 6.07) is 4.85. The lowest BCUT2D eigenvalue weighted by Gasteiger charge is -2.06. The molecule has 0 radical (unpaired) electrons. The van der Waals surface area contributed by atoms with Gasteiger partial charge in [-0.1, -0.05) is 17.7 Å². The fourth-order valence-corrected chi connectivity index (χ4v) is 1.95. The summed E-state index contributed by atoms with van der Waals surface area (Å²) in [6.45, 7) is 0.141. The quantitative estimate of drug-likeness (QED) is 0.687. The monoisotopic (exact) mass is 268 g/mol. The molecule has 0 atom stereocenters. The minimum Gasteiger partial charge on any atom is -0.455 e. The third kappa shape index (κ3) is 2.75. The van der Waals surface area contributed by atoms with Crippen molar-refractivity contribution >= 4 is 34.6 Å². The number of carbonyl (C=O) groups is 1. The van der Waals surface area contributed by atoms with Gasteiger partial charge in [-0.15, -0.1) is 11.3 Å². The zero-order valence-electron chi connectivity index (χ0n) is 8.72. The number of benzene rings is 1. The number of nitrogens with two attached hydrogens (primary N) is 1. The normalized spacial score (nSPS) is 10.2. The van der Waals surface area contributed by atoms with E-state index in [9.17, 15) is 4.79 Å². The standard InChI is InChI=1S/C11H9ClN2O2S/c12-8-3-1-2-7(10(8)13)11(15)16-6-9-14-4-5-17-9/h1-5H,6,13H2. The van der Waals surface area contributed by atoms with Crippen LogP contribution in [0.1, 0.15) is 15.4 Å². The van der Waals surface area contributed by atoms with E-state index in [2.05, 4.69) is 4.98 Å². The van der Waals surface area contributed by atoms with Crippen molar-refractivity contribution in [3.05, 3.63) is 45.4 Å². The molecule has 0 fully saturated rings. The van der Waals surface area contributed by atoms with Crippen molar-refractivity contribution in [3.8, 4) is 0 Å². The molecule has 1 aromatic heterocycles. The molecule has 2 aromatic rings. The molecule has 88 valence electrons. The lowest BCUT2D eigenvalue weighted by Crippen LogP contribution is -2.08.